The Morgan fingerprint density at radius 3 is 2.62 bits per heavy atom. The van der Waals surface area contributed by atoms with Gasteiger partial charge in [0.05, 0.1) is 55.9 Å². The van der Waals surface area contributed by atoms with Crippen LogP contribution in [0, 0.1) is 11.8 Å². The zero-order valence-electron chi connectivity index (χ0n) is 27.0. The first-order valence-electron chi connectivity index (χ1n) is 16.4. The van der Waals surface area contributed by atoms with Crippen LogP contribution in [-0.4, -0.2) is 106 Å². The summed E-state index contributed by atoms with van der Waals surface area (Å²) in [4.78, 5) is 15.5. The Balaban J connectivity index is 1.19. The molecule has 47 heavy (non-hydrogen) atoms. The third-order valence-electron chi connectivity index (χ3n) is 8.93. The largest absolute Gasteiger partial charge is 0.460 e. The van der Waals surface area contributed by atoms with Crippen LogP contribution in [0.3, 0.4) is 0 Å². The quantitative estimate of drug-likeness (QED) is 0.278. The van der Waals surface area contributed by atoms with E-state index in [0.717, 1.165) is 30.8 Å². The van der Waals surface area contributed by atoms with Crippen LogP contribution in [-0.2, 0) is 41.9 Å². The fourth-order valence-electron chi connectivity index (χ4n) is 6.48. The molecule has 0 bridgehead atoms. The summed E-state index contributed by atoms with van der Waals surface area (Å²) < 4.78 is 57.9. The van der Waals surface area contributed by atoms with Gasteiger partial charge in [-0.1, -0.05) is 44.2 Å². The van der Waals surface area contributed by atoms with Gasteiger partial charge in [-0.15, -0.1) is 0 Å². The molecular weight excluding hydrogens is 626 g/mol. The summed E-state index contributed by atoms with van der Waals surface area (Å²) in [6.07, 6.45) is -1.75. The second-order valence-corrected chi connectivity index (χ2v) is 14.9. The fourth-order valence-corrected chi connectivity index (χ4v) is 8.14. The maximum atomic E-state index is 14.1. The fraction of sp³-hybridized carbons (Fsp3) is 0.559. The maximum absolute atomic E-state index is 14.1. The molecule has 5 atom stereocenters. The van der Waals surface area contributed by atoms with Gasteiger partial charge in [0.15, 0.2) is 6.29 Å². The second kappa shape index (κ2) is 15.0. The summed E-state index contributed by atoms with van der Waals surface area (Å²) in [6, 6.07) is 15.3. The van der Waals surface area contributed by atoms with E-state index in [0.29, 0.717) is 37.3 Å². The van der Waals surface area contributed by atoms with Crippen LogP contribution >= 0.6 is 0 Å². The normalized spacial score (nSPS) is 23.3. The van der Waals surface area contributed by atoms with Gasteiger partial charge in [-0.3, -0.25) is 4.90 Å². The lowest BCUT2D eigenvalue weighted by atomic mass is 10.0. The first kappa shape index (κ1) is 33.8. The molecule has 3 aliphatic heterocycles. The highest BCUT2D eigenvalue weighted by Crippen LogP contribution is 2.33. The molecule has 0 spiro atoms. The van der Waals surface area contributed by atoms with Crippen molar-refractivity contribution < 1.29 is 41.7 Å². The van der Waals surface area contributed by atoms with Crippen molar-refractivity contribution in [1.29, 1.82) is 0 Å². The van der Waals surface area contributed by atoms with Gasteiger partial charge in [-0.25, -0.2) is 13.2 Å². The van der Waals surface area contributed by atoms with Crippen LogP contribution in [0.1, 0.15) is 31.6 Å². The summed E-state index contributed by atoms with van der Waals surface area (Å²) >= 11 is 0. The van der Waals surface area contributed by atoms with Crippen LogP contribution < -0.4 is 5.32 Å². The first-order chi connectivity index (χ1) is 22.7. The van der Waals surface area contributed by atoms with E-state index in [-0.39, 0.29) is 49.1 Å². The molecule has 13 heteroatoms. The number of furan rings is 1. The van der Waals surface area contributed by atoms with Crippen molar-refractivity contribution in [2.24, 2.45) is 11.8 Å². The van der Waals surface area contributed by atoms with Gasteiger partial charge < -0.3 is 33.8 Å². The van der Waals surface area contributed by atoms with Gasteiger partial charge in [0, 0.05) is 31.6 Å². The van der Waals surface area contributed by atoms with Gasteiger partial charge in [0.25, 0.3) is 0 Å². The Hall–Kier alpha value is -3.04. The van der Waals surface area contributed by atoms with Gasteiger partial charge in [-0.2, -0.15) is 4.31 Å². The van der Waals surface area contributed by atoms with Crippen molar-refractivity contribution in [3.63, 3.8) is 0 Å². The minimum atomic E-state index is -4.03. The molecule has 12 nitrogen and oxygen atoms in total. The number of carbonyl (C=O) groups is 1. The molecule has 3 aromatic rings. The molecule has 4 heterocycles. The molecule has 3 aliphatic rings. The lowest BCUT2D eigenvalue weighted by molar-refractivity contribution is -0.0907. The average Bonchev–Trinajstić information content (AvgIpc) is 3.78. The van der Waals surface area contributed by atoms with E-state index in [1.54, 1.807) is 18.2 Å². The van der Waals surface area contributed by atoms with Crippen molar-refractivity contribution in [3.05, 3.63) is 65.9 Å². The third-order valence-corrected chi connectivity index (χ3v) is 10.8. The predicted molar refractivity (Wildman–Crippen MR) is 173 cm³/mol. The number of morpholine rings is 1. The Labute approximate surface area is 275 Å². The molecule has 0 aliphatic carbocycles. The van der Waals surface area contributed by atoms with E-state index in [4.69, 9.17) is 23.4 Å². The monoisotopic (exact) mass is 671 g/mol. The third kappa shape index (κ3) is 8.34. The zero-order chi connectivity index (χ0) is 33.0. The molecule has 3 fully saturated rings. The number of sulfonamides is 1. The average molecular weight is 672 g/mol. The van der Waals surface area contributed by atoms with Crippen LogP contribution in [0.25, 0.3) is 11.0 Å². The number of hydrogen-bond acceptors (Lipinski definition) is 10. The number of alkyl carbamates (subject to hydrolysis) is 1. The van der Waals surface area contributed by atoms with Crippen molar-refractivity contribution in [2.75, 3.05) is 52.6 Å². The van der Waals surface area contributed by atoms with Gasteiger partial charge in [0.1, 0.15) is 17.4 Å². The predicted octanol–water partition coefficient (Wildman–Crippen LogP) is 3.37. The van der Waals surface area contributed by atoms with Crippen molar-refractivity contribution in [2.45, 2.75) is 62.7 Å². The molecule has 2 aromatic carbocycles. The number of nitrogens with one attached hydrogen (secondary N) is 1. The molecule has 1 aromatic heterocycles. The number of ether oxygens (including phenoxy) is 4. The van der Waals surface area contributed by atoms with Crippen LogP contribution in [0.5, 0.6) is 0 Å². The molecule has 2 N–H and O–H groups in total. The molecule has 1 amide bonds. The number of rotatable bonds is 13. The lowest BCUT2D eigenvalue weighted by Gasteiger charge is -2.31. The van der Waals surface area contributed by atoms with E-state index >= 15 is 0 Å². The zero-order valence-corrected chi connectivity index (χ0v) is 27.8. The summed E-state index contributed by atoms with van der Waals surface area (Å²) in [5.74, 6) is 0.699. The number of aliphatic hydroxyl groups is 1. The molecule has 256 valence electrons. The molecule has 3 saturated heterocycles. The van der Waals surface area contributed by atoms with Crippen LogP contribution in [0.15, 0.2) is 63.9 Å². The molecular formula is C34H45N3O9S. The smallest absolute Gasteiger partial charge is 0.407 e. The van der Waals surface area contributed by atoms with E-state index in [1.165, 1.54) is 4.31 Å². The molecule has 1 unspecified atom stereocenters. The highest BCUT2D eigenvalue weighted by molar-refractivity contribution is 7.89. The Morgan fingerprint density at radius 2 is 1.85 bits per heavy atom. The number of aliphatic hydroxyl groups excluding tert-OH is 1. The summed E-state index contributed by atoms with van der Waals surface area (Å²) in [5.41, 5.74) is 1.48. The van der Waals surface area contributed by atoms with Gasteiger partial charge >= 0.3 is 6.09 Å². The van der Waals surface area contributed by atoms with Crippen molar-refractivity contribution in [3.8, 4) is 0 Å². The number of nitrogens with zero attached hydrogens (tertiary/aromatic N) is 2. The molecule has 6 rings (SSSR count). The van der Waals surface area contributed by atoms with E-state index in [2.05, 4.69) is 10.2 Å². The van der Waals surface area contributed by atoms with Gasteiger partial charge in [0.2, 0.25) is 10.0 Å². The highest BCUT2D eigenvalue weighted by Gasteiger charge is 2.44. The first-order valence-corrected chi connectivity index (χ1v) is 17.8. The molecule has 0 radical (unpaired) electrons. The lowest BCUT2D eigenvalue weighted by Crippen LogP contribution is -2.51. The highest BCUT2D eigenvalue weighted by atomic mass is 32.2. The number of hydrogen-bond donors (Lipinski definition) is 2. The maximum Gasteiger partial charge on any atom is 0.407 e. The Morgan fingerprint density at radius 1 is 1.06 bits per heavy atom. The van der Waals surface area contributed by atoms with E-state index < -0.39 is 34.4 Å². The van der Waals surface area contributed by atoms with Crippen molar-refractivity contribution >= 4 is 27.1 Å². The standard InChI is InChI=1S/C34H45N3O9S/c1-23(2)19-37(47(40,41)27-8-9-31-25(18-27)17-26(45-31)20-36-11-14-42-15-12-36)21-30(38)29(16-24-6-4-3-5-7-24)35-34(39)46-32-22-44-33-28(32)10-13-43-33/h3-9,17-18,23,28-30,32-33,38H,10-16,19-22H2,1-2H3,(H,35,39)/t28-,29-,30+,32?,33+/m0/s1. The van der Waals surface area contributed by atoms with Crippen molar-refractivity contribution in [1.82, 2.24) is 14.5 Å². The summed E-state index contributed by atoms with van der Waals surface area (Å²) in [5, 5.41) is 15.1. The van der Waals surface area contributed by atoms with E-state index in [1.807, 2.05) is 50.2 Å². The van der Waals surface area contributed by atoms with E-state index in [9.17, 15) is 18.3 Å². The SMILES string of the molecule is CC(C)CN(C[C@@H](O)[C@H](Cc1ccccc1)NC(=O)OC1CO[C@H]2OCC[C@@H]12)S(=O)(=O)c1ccc2oc(CN3CCOCC3)cc2c1. The topological polar surface area (TPSA) is 140 Å². The Kier molecular flexibility index (Phi) is 10.8. The molecule has 0 saturated carbocycles. The second-order valence-electron chi connectivity index (χ2n) is 13.0. The van der Waals surface area contributed by atoms with Crippen LogP contribution in [0.4, 0.5) is 4.79 Å². The van der Waals surface area contributed by atoms with Crippen LogP contribution in [0.2, 0.25) is 0 Å². The number of fused-ring (bicyclic) bond motifs is 2. The summed E-state index contributed by atoms with van der Waals surface area (Å²) in [7, 11) is -4.03. The minimum Gasteiger partial charge on any atom is -0.460 e. The number of carbonyl (C=O) groups excluding carboxylic acids is 1. The summed E-state index contributed by atoms with van der Waals surface area (Å²) in [6.45, 7) is 8.18. The van der Waals surface area contributed by atoms with Gasteiger partial charge in [-0.05, 0) is 48.6 Å². The number of benzene rings is 2. The number of amides is 1. The minimum absolute atomic E-state index is 0.0239. The Bertz CT molecular complexity index is 1590.